The summed E-state index contributed by atoms with van der Waals surface area (Å²) >= 11 is 0. The maximum atomic E-state index is 10.8. The third-order valence-electron chi connectivity index (χ3n) is 4.76. The van der Waals surface area contributed by atoms with E-state index in [1.54, 1.807) is 12.1 Å². The molecule has 136 valence electrons. The summed E-state index contributed by atoms with van der Waals surface area (Å²) < 4.78 is 0. The highest BCUT2D eigenvalue weighted by molar-refractivity contribution is 5.74. The molecule has 0 saturated heterocycles. The number of nitrogens with zero attached hydrogens (tertiary/aromatic N) is 1. The van der Waals surface area contributed by atoms with Crippen molar-refractivity contribution in [3.05, 3.63) is 107 Å². The zero-order valence-electron chi connectivity index (χ0n) is 15.1. The van der Waals surface area contributed by atoms with Crippen LogP contribution in [0.4, 0.5) is 11.4 Å². The van der Waals surface area contributed by atoms with Crippen LogP contribution in [0.15, 0.2) is 97.1 Å². The third-order valence-corrected chi connectivity index (χ3v) is 4.76. The summed E-state index contributed by atoms with van der Waals surface area (Å²) in [6.45, 7) is 0. The quantitative estimate of drug-likeness (QED) is 0.266. The Morgan fingerprint density at radius 1 is 0.500 bits per heavy atom. The number of rotatable bonds is 4. The lowest BCUT2D eigenvalue weighted by Gasteiger charge is -2.07. The van der Waals surface area contributed by atoms with E-state index in [0.29, 0.717) is 0 Å². The zero-order chi connectivity index (χ0) is 19.5. The van der Waals surface area contributed by atoms with E-state index in [1.165, 1.54) is 12.1 Å². The number of hydrogen-bond donors (Lipinski definition) is 1. The van der Waals surface area contributed by atoms with E-state index < -0.39 is 0 Å². The molecule has 0 heterocycles. The van der Waals surface area contributed by atoms with Gasteiger partial charge in [-0.15, -0.1) is 0 Å². The maximum Gasteiger partial charge on any atom is 0.269 e. The summed E-state index contributed by atoms with van der Waals surface area (Å²) in [5.41, 5.74) is 13.1. The van der Waals surface area contributed by atoms with Gasteiger partial charge in [0.25, 0.3) is 5.69 Å². The molecule has 4 rings (SSSR count). The van der Waals surface area contributed by atoms with Crippen molar-refractivity contribution in [2.24, 2.45) is 0 Å². The molecule has 28 heavy (non-hydrogen) atoms. The molecule has 0 amide bonds. The number of nitrogens with two attached hydrogens (primary N) is 1. The number of non-ortho nitro benzene ring substituents is 1. The van der Waals surface area contributed by atoms with Crippen LogP contribution in [0.1, 0.15) is 0 Å². The molecule has 4 heteroatoms. The lowest BCUT2D eigenvalue weighted by Crippen LogP contribution is -1.87. The number of nitrogen functional groups attached to an aromatic ring is 1. The van der Waals surface area contributed by atoms with Crippen LogP contribution < -0.4 is 5.73 Å². The second-order valence-electron chi connectivity index (χ2n) is 6.58. The highest BCUT2D eigenvalue weighted by Crippen LogP contribution is 2.28. The van der Waals surface area contributed by atoms with Gasteiger partial charge >= 0.3 is 0 Å². The SMILES string of the molecule is Nc1ccc(-c2ccc(-c3ccc(-c4ccc([N+](=O)[O-])cc4)cc3)cc2)cc1. The van der Waals surface area contributed by atoms with Crippen molar-refractivity contribution in [1.82, 2.24) is 0 Å². The molecule has 0 bridgehead atoms. The normalized spacial score (nSPS) is 10.6. The Morgan fingerprint density at radius 2 is 0.750 bits per heavy atom. The van der Waals surface area contributed by atoms with Crippen LogP contribution in [0, 0.1) is 10.1 Å². The molecule has 4 aromatic carbocycles. The lowest BCUT2D eigenvalue weighted by molar-refractivity contribution is -0.384. The molecule has 0 atom stereocenters. The number of nitro groups is 1. The second kappa shape index (κ2) is 7.37. The van der Waals surface area contributed by atoms with Gasteiger partial charge in [-0.05, 0) is 57.6 Å². The third kappa shape index (κ3) is 3.62. The van der Waals surface area contributed by atoms with E-state index in [9.17, 15) is 10.1 Å². The fourth-order valence-corrected chi connectivity index (χ4v) is 3.16. The van der Waals surface area contributed by atoms with Gasteiger partial charge in [0.15, 0.2) is 0 Å². The molecule has 0 aliphatic carbocycles. The van der Waals surface area contributed by atoms with Crippen LogP contribution in [0.25, 0.3) is 33.4 Å². The molecule has 0 spiro atoms. The highest BCUT2D eigenvalue weighted by atomic mass is 16.6. The minimum Gasteiger partial charge on any atom is -0.399 e. The van der Waals surface area contributed by atoms with Gasteiger partial charge in [0.2, 0.25) is 0 Å². The summed E-state index contributed by atoms with van der Waals surface area (Å²) in [6.07, 6.45) is 0. The first-order valence-corrected chi connectivity index (χ1v) is 8.91. The molecule has 0 fully saturated rings. The van der Waals surface area contributed by atoms with E-state index in [1.807, 2.05) is 36.4 Å². The molecule has 0 aliphatic heterocycles. The summed E-state index contributed by atoms with van der Waals surface area (Å²) in [7, 11) is 0. The Labute approximate surface area is 163 Å². The molecule has 4 aromatic rings. The predicted molar refractivity (Wildman–Crippen MR) is 114 cm³/mol. The van der Waals surface area contributed by atoms with Crippen molar-refractivity contribution in [2.75, 3.05) is 5.73 Å². The van der Waals surface area contributed by atoms with E-state index in [0.717, 1.165) is 39.1 Å². The Balaban J connectivity index is 1.55. The minimum absolute atomic E-state index is 0.0987. The number of hydrogen-bond acceptors (Lipinski definition) is 3. The second-order valence-corrected chi connectivity index (χ2v) is 6.58. The average molecular weight is 366 g/mol. The van der Waals surface area contributed by atoms with Gasteiger partial charge in [0.05, 0.1) is 4.92 Å². The first kappa shape index (κ1) is 17.5. The lowest BCUT2D eigenvalue weighted by atomic mass is 9.98. The first-order chi connectivity index (χ1) is 13.6. The van der Waals surface area contributed by atoms with Gasteiger partial charge in [-0.1, -0.05) is 60.7 Å². The molecule has 2 N–H and O–H groups in total. The Bertz CT molecular complexity index is 1100. The molecule has 0 saturated carbocycles. The monoisotopic (exact) mass is 366 g/mol. The summed E-state index contributed by atoms with van der Waals surface area (Å²) in [6, 6.07) is 31.0. The smallest absolute Gasteiger partial charge is 0.269 e. The van der Waals surface area contributed by atoms with Gasteiger partial charge in [-0.3, -0.25) is 10.1 Å². The van der Waals surface area contributed by atoms with Crippen molar-refractivity contribution < 1.29 is 4.92 Å². The number of benzene rings is 4. The minimum atomic E-state index is -0.388. The van der Waals surface area contributed by atoms with Crippen LogP contribution in [0.5, 0.6) is 0 Å². The van der Waals surface area contributed by atoms with Crippen LogP contribution in [0.3, 0.4) is 0 Å². The summed E-state index contributed by atoms with van der Waals surface area (Å²) in [5.74, 6) is 0. The zero-order valence-corrected chi connectivity index (χ0v) is 15.1. The van der Waals surface area contributed by atoms with Gasteiger partial charge in [0, 0.05) is 17.8 Å². The topological polar surface area (TPSA) is 69.2 Å². The first-order valence-electron chi connectivity index (χ1n) is 8.91. The summed E-state index contributed by atoms with van der Waals surface area (Å²) in [5, 5.41) is 10.8. The largest absolute Gasteiger partial charge is 0.399 e. The van der Waals surface area contributed by atoms with Crippen molar-refractivity contribution >= 4 is 11.4 Å². The molecular formula is C24H18N2O2. The van der Waals surface area contributed by atoms with Crippen LogP contribution in [-0.4, -0.2) is 4.92 Å². The van der Waals surface area contributed by atoms with E-state index in [2.05, 4.69) is 36.4 Å². The van der Waals surface area contributed by atoms with Crippen molar-refractivity contribution in [2.45, 2.75) is 0 Å². The van der Waals surface area contributed by atoms with Crippen LogP contribution in [-0.2, 0) is 0 Å². The maximum absolute atomic E-state index is 10.8. The Hall–Kier alpha value is -3.92. The summed E-state index contributed by atoms with van der Waals surface area (Å²) in [4.78, 5) is 10.4. The van der Waals surface area contributed by atoms with Crippen LogP contribution in [0.2, 0.25) is 0 Å². The number of nitro benzene ring substituents is 1. The Morgan fingerprint density at radius 3 is 1.04 bits per heavy atom. The Kier molecular flexibility index (Phi) is 4.60. The molecule has 0 aromatic heterocycles. The molecule has 4 nitrogen and oxygen atoms in total. The molecular weight excluding hydrogens is 348 g/mol. The van der Waals surface area contributed by atoms with Crippen molar-refractivity contribution in [1.29, 1.82) is 0 Å². The van der Waals surface area contributed by atoms with Crippen LogP contribution >= 0.6 is 0 Å². The van der Waals surface area contributed by atoms with E-state index >= 15 is 0 Å². The molecule has 0 radical (unpaired) electrons. The molecule has 0 aliphatic rings. The van der Waals surface area contributed by atoms with E-state index in [-0.39, 0.29) is 10.6 Å². The fourth-order valence-electron chi connectivity index (χ4n) is 3.16. The van der Waals surface area contributed by atoms with Gasteiger partial charge in [-0.2, -0.15) is 0 Å². The highest BCUT2D eigenvalue weighted by Gasteiger charge is 2.06. The number of anilines is 1. The average Bonchev–Trinajstić information content (AvgIpc) is 2.75. The van der Waals surface area contributed by atoms with Gasteiger partial charge < -0.3 is 5.73 Å². The van der Waals surface area contributed by atoms with Gasteiger partial charge in [-0.25, -0.2) is 0 Å². The fraction of sp³-hybridized carbons (Fsp3) is 0. The van der Waals surface area contributed by atoms with Gasteiger partial charge in [0.1, 0.15) is 0 Å². The standard InChI is InChI=1S/C24H18N2O2/c25-23-13-9-21(10-14-23)19-5-1-17(2-6-19)18-3-7-20(8-4-18)22-11-15-24(16-12-22)26(27)28/h1-16H,25H2. The predicted octanol–water partition coefficient (Wildman–Crippen LogP) is 6.18. The van der Waals surface area contributed by atoms with Crippen molar-refractivity contribution in [3.63, 3.8) is 0 Å². The molecule has 0 unspecified atom stereocenters. The van der Waals surface area contributed by atoms with Crippen molar-refractivity contribution in [3.8, 4) is 33.4 Å². The van der Waals surface area contributed by atoms with E-state index in [4.69, 9.17) is 5.73 Å².